The summed E-state index contributed by atoms with van der Waals surface area (Å²) in [5, 5.41) is 8.52. The minimum atomic E-state index is -5.18. The number of carbonyl (C=O) groups is 2. The van der Waals surface area contributed by atoms with Gasteiger partial charge in [0.1, 0.15) is 0 Å². The molecule has 0 atom stereocenters. The van der Waals surface area contributed by atoms with Crippen molar-refractivity contribution in [2.24, 2.45) is 0 Å². The maximum atomic E-state index is 12.0. The van der Waals surface area contributed by atoms with Gasteiger partial charge in [-0.3, -0.25) is 10.0 Å². The molecule has 1 rings (SSSR count). The summed E-state index contributed by atoms with van der Waals surface area (Å²) in [6.45, 7) is 0. The maximum Gasteiger partial charge on any atom is 0.473 e. The fourth-order valence-corrected chi connectivity index (χ4v) is 1.09. The standard InChI is InChI=1S/C10H8F3NO4/c1-18-8(15)6-2-4-7(5-3-6)14(17)9(16)10(11,12)13/h2-5,17H,1H3. The van der Waals surface area contributed by atoms with Gasteiger partial charge in [0.05, 0.1) is 18.4 Å². The summed E-state index contributed by atoms with van der Waals surface area (Å²) in [6, 6.07) is 4.20. The summed E-state index contributed by atoms with van der Waals surface area (Å²) in [5.41, 5.74) is -0.334. The van der Waals surface area contributed by atoms with E-state index in [1.54, 1.807) is 0 Å². The molecule has 0 fully saturated rings. The van der Waals surface area contributed by atoms with E-state index in [1.807, 2.05) is 0 Å². The zero-order valence-electron chi connectivity index (χ0n) is 9.06. The number of anilines is 1. The Hall–Kier alpha value is -2.09. The number of hydroxylamine groups is 1. The van der Waals surface area contributed by atoms with Gasteiger partial charge >= 0.3 is 18.1 Å². The fourth-order valence-electron chi connectivity index (χ4n) is 1.09. The molecule has 0 saturated heterocycles. The average Bonchev–Trinajstić information content (AvgIpc) is 2.35. The Morgan fingerprint density at radius 2 is 1.72 bits per heavy atom. The lowest BCUT2D eigenvalue weighted by atomic mass is 10.2. The van der Waals surface area contributed by atoms with Crippen LogP contribution < -0.4 is 5.06 Å². The van der Waals surface area contributed by atoms with Gasteiger partial charge in [-0.1, -0.05) is 0 Å². The third-order valence-corrected chi connectivity index (χ3v) is 1.97. The Labute approximate surface area is 99.3 Å². The minimum Gasteiger partial charge on any atom is -0.465 e. The second-order valence-corrected chi connectivity index (χ2v) is 3.15. The van der Waals surface area contributed by atoms with E-state index in [1.165, 1.54) is 0 Å². The van der Waals surface area contributed by atoms with Gasteiger partial charge in [0.25, 0.3) is 0 Å². The summed E-state index contributed by atoms with van der Waals surface area (Å²) >= 11 is 0. The minimum absolute atomic E-state index is 0.0779. The summed E-state index contributed by atoms with van der Waals surface area (Å²) < 4.78 is 40.4. The van der Waals surface area contributed by atoms with Crippen molar-refractivity contribution in [3.8, 4) is 0 Å². The summed E-state index contributed by atoms with van der Waals surface area (Å²) in [4.78, 5) is 21.7. The molecule has 0 aliphatic carbocycles. The molecule has 0 unspecified atom stereocenters. The Morgan fingerprint density at radius 1 is 1.22 bits per heavy atom. The van der Waals surface area contributed by atoms with Crippen LogP contribution in [0.5, 0.6) is 0 Å². The first-order chi connectivity index (χ1) is 8.27. The molecule has 0 radical (unpaired) electrons. The van der Waals surface area contributed by atoms with E-state index in [0.29, 0.717) is 0 Å². The molecule has 1 N–H and O–H groups in total. The van der Waals surface area contributed by atoms with Crippen LogP contribution in [0.2, 0.25) is 0 Å². The first-order valence-electron chi connectivity index (χ1n) is 4.56. The quantitative estimate of drug-likeness (QED) is 0.501. The topological polar surface area (TPSA) is 66.8 Å². The molecule has 0 spiro atoms. The van der Waals surface area contributed by atoms with E-state index in [0.717, 1.165) is 31.4 Å². The molecule has 98 valence electrons. The largest absolute Gasteiger partial charge is 0.473 e. The number of amides is 1. The highest BCUT2D eigenvalue weighted by Crippen LogP contribution is 2.22. The van der Waals surface area contributed by atoms with E-state index >= 15 is 0 Å². The Balaban J connectivity index is 2.92. The van der Waals surface area contributed by atoms with Gasteiger partial charge in [-0.2, -0.15) is 18.2 Å². The lowest BCUT2D eigenvalue weighted by Crippen LogP contribution is -2.38. The molecular formula is C10H8F3NO4. The number of hydrogen-bond donors (Lipinski definition) is 1. The van der Waals surface area contributed by atoms with Crippen molar-refractivity contribution in [3.63, 3.8) is 0 Å². The Morgan fingerprint density at radius 3 is 2.11 bits per heavy atom. The van der Waals surface area contributed by atoms with Crippen molar-refractivity contribution in [1.29, 1.82) is 0 Å². The third kappa shape index (κ3) is 2.98. The molecule has 0 aromatic heterocycles. The SMILES string of the molecule is COC(=O)c1ccc(N(O)C(=O)C(F)(F)F)cc1. The molecule has 1 aromatic rings. The molecule has 1 aromatic carbocycles. The number of halogens is 3. The number of ether oxygens (including phenoxy) is 1. The van der Waals surface area contributed by atoms with Gasteiger partial charge < -0.3 is 4.74 Å². The zero-order chi connectivity index (χ0) is 13.9. The number of methoxy groups -OCH3 is 1. The third-order valence-electron chi connectivity index (χ3n) is 1.97. The summed E-state index contributed by atoms with van der Waals surface area (Å²) in [7, 11) is 1.14. The van der Waals surface area contributed by atoms with E-state index in [9.17, 15) is 22.8 Å². The monoisotopic (exact) mass is 263 g/mol. The molecule has 8 heteroatoms. The smallest absolute Gasteiger partial charge is 0.465 e. The highest BCUT2D eigenvalue weighted by Gasteiger charge is 2.43. The number of rotatable bonds is 2. The number of alkyl halides is 3. The summed E-state index contributed by atoms with van der Waals surface area (Å²) in [5.74, 6) is -3.11. The van der Waals surface area contributed by atoms with Crippen LogP contribution in [0.25, 0.3) is 0 Å². The first kappa shape index (κ1) is 14.0. The zero-order valence-corrected chi connectivity index (χ0v) is 9.06. The van der Waals surface area contributed by atoms with Crippen molar-refractivity contribution in [1.82, 2.24) is 0 Å². The molecule has 0 saturated carbocycles. The van der Waals surface area contributed by atoms with Crippen LogP contribution in [-0.4, -0.2) is 30.4 Å². The van der Waals surface area contributed by atoms with Gasteiger partial charge in [0, 0.05) is 0 Å². The molecule has 0 aliphatic rings. The fraction of sp³-hybridized carbons (Fsp3) is 0.200. The lowest BCUT2D eigenvalue weighted by molar-refractivity contribution is -0.175. The normalized spacial score (nSPS) is 10.9. The van der Waals surface area contributed by atoms with Gasteiger partial charge in [-0.15, -0.1) is 0 Å². The number of carbonyl (C=O) groups excluding carboxylic acids is 2. The van der Waals surface area contributed by atoms with Crippen molar-refractivity contribution in [2.45, 2.75) is 6.18 Å². The van der Waals surface area contributed by atoms with Crippen molar-refractivity contribution >= 4 is 17.6 Å². The van der Waals surface area contributed by atoms with Gasteiger partial charge in [0.15, 0.2) is 0 Å². The van der Waals surface area contributed by atoms with E-state index in [4.69, 9.17) is 5.21 Å². The van der Waals surface area contributed by atoms with Gasteiger partial charge in [0.2, 0.25) is 0 Å². The lowest BCUT2D eigenvalue weighted by Gasteiger charge is -2.16. The number of benzene rings is 1. The van der Waals surface area contributed by atoms with Crippen molar-refractivity contribution in [3.05, 3.63) is 29.8 Å². The first-order valence-corrected chi connectivity index (χ1v) is 4.56. The van der Waals surface area contributed by atoms with E-state index in [2.05, 4.69) is 4.74 Å². The average molecular weight is 263 g/mol. The predicted molar refractivity (Wildman–Crippen MR) is 53.1 cm³/mol. The molecular weight excluding hydrogens is 255 g/mol. The second kappa shape index (κ2) is 5.05. The maximum absolute atomic E-state index is 12.0. The predicted octanol–water partition coefficient (Wildman–Crippen LogP) is 1.76. The van der Waals surface area contributed by atoms with Crippen LogP contribution in [0, 0.1) is 0 Å². The molecule has 0 heterocycles. The number of esters is 1. The molecule has 1 amide bonds. The summed E-state index contributed by atoms with van der Waals surface area (Å²) in [6.07, 6.45) is -5.18. The number of nitrogens with zero attached hydrogens (tertiary/aromatic N) is 1. The van der Waals surface area contributed by atoms with Gasteiger partial charge in [-0.25, -0.2) is 4.79 Å². The highest BCUT2D eigenvalue weighted by molar-refractivity contribution is 5.96. The van der Waals surface area contributed by atoms with E-state index < -0.39 is 28.8 Å². The Kier molecular flexibility index (Phi) is 3.92. The van der Waals surface area contributed by atoms with Crippen LogP contribution in [0.15, 0.2) is 24.3 Å². The van der Waals surface area contributed by atoms with Crippen LogP contribution >= 0.6 is 0 Å². The molecule has 18 heavy (non-hydrogen) atoms. The van der Waals surface area contributed by atoms with Crippen LogP contribution in [-0.2, 0) is 9.53 Å². The van der Waals surface area contributed by atoms with Crippen LogP contribution in [0.4, 0.5) is 18.9 Å². The molecule has 5 nitrogen and oxygen atoms in total. The van der Waals surface area contributed by atoms with Crippen molar-refractivity contribution < 1.29 is 32.7 Å². The Bertz CT molecular complexity index is 455. The molecule has 0 bridgehead atoms. The van der Waals surface area contributed by atoms with Gasteiger partial charge in [-0.05, 0) is 24.3 Å². The van der Waals surface area contributed by atoms with Crippen molar-refractivity contribution in [2.75, 3.05) is 12.2 Å². The van der Waals surface area contributed by atoms with Crippen LogP contribution in [0.3, 0.4) is 0 Å². The molecule has 0 aliphatic heterocycles. The second-order valence-electron chi connectivity index (χ2n) is 3.15. The highest BCUT2D eigenvalue weighted by atomic mass is 19.4. The van der Waals surface area contributed by atoms with Crippen LogP contribution in [0.1, 0.15) is 10.4 Å². The number of hydrogen-bond acceptors (Lipinski definition) is 4. The van der Waals surface area contributed by atoms with E-state index in [-0.39, 0.29) is 5.56 Å².